The lowest BCUT2D eigenvalue weighted by molar-refractivity contribution is -0.134. The number of hydrogen-bond acceptors (Lipinski definition) is 2. The number of ketones is 2. The topological polar surface area (TPSA) is 34.1 Å². The number of allylic oxidation sites excluding steroid dienone is 1. The summed E-state index contributed by atoms with van der Waals surface area (Å²) in [7, 11) is 0. The highest BCUT2D eigenvalue weighted by Crippen LogP contribution is 2.18. The molecule has 0 heterocycles. The molecule has 74 valence electrons. The van der Waals surface area contributed by atoms with E-state index in [-0.39, 0.29) is 23.4 Å². The molecule has 0 aromatic carbocycles. The first-order chi connectivity index (χ1) is 5.91. The van der Waals surface area contributed by atoms with Crippen LogP contribution in [0.4, 0.5) is 0 Å². The minimum atomic E-state index is -0.502. The highest BCUT2D eigenvalue weighted by Gasteiger charge is 2.28. The van der Waals surface area contributed by atoms with Crippen LogP contribution in [-0.2, 0) is 9.59 Å². The maximum absolute atomic E-state index is 11.6. The van der Waals surface area contributed by atoms with Crippen molar-refractivity contribution in [2.45, 2.75) is 27.7 Å². The van der Waals surface area contributed by atoms with Gasteiger partial charge < -0.3 is 0 Å². The average Bonchev–Trinajstić information content (AvgIpc) is 2.03. The molecule has 0 aliphatic heterocycles. The summed E-state index contributed by atoms with van der Waals surface area (Å²) in [6, 6.07) is 0. The molecule has 0 aliphatic carbocycles. The minimum Gasteiger partial charge on any atom is -0.299 e. The molecule has 13 heavy (non-hydrogen) atoms. The fourth-order valence-electron chi connectivity index (χ4n) is 1.32. The van der Waals surface area contributed by atoms with Gasteiger partial charge in [-0.1, -0.05) is 26.8 Å². The van der Waals surface area contributed by atoms with E-state index in [2.05, 4.69) is 6.58 Å². The van der Waals surface area contributed by atoms with Gasteiger partial charge in [-0.3, -0.25) is 9.59 Å². The maximum atomic E-state index is 11.6. The molecule has 0 radical (unpaired) electrons. The lowest BCUT2D eigenvalue weighted by Crippen LogP contribution is -2.30. The highest BCUT2D eigenvalue weighted by atomic mass is 16.1. The Hall–Kier alpha value is -0.920. The van der Waals surface area contributed by atoms with Crippen molar-refractivity contribution in [1.29, 1.82) is 0 Å². The zero-order valence-electron chi connectivity index (χ0n) is 8.83. The van der Waals surface area contributed by atoms with E-state index in [1.165, 1.54) is 6.92 Å². The molecule has 0 fully saturated rings. The summed E-state index contributed by atoms with van der Waals surface area (Å²) in [6.45, 7) is 10.5. The van der Waals surface area contributed by atoms with Gasteiger partial charge in [0, 0.05) is 5.92 Å². The zero-order chi connectivity index (χ0) is 10.6. The third-order valence-electron chi connectivity index (χ3n) is 2.21. The summed E-state index contributed by atoms with van der Waals surface area (Å²) in [5, 5.41) is 0. The largest absolute Gasteiger partial charge is 0.299 e. The molecule has 0 N–H and O–H groups in total. The smallest absolute Gasteiger partial charge is 0.146 e. The summed E-state index contributed by atoms with van der Waals surface area (Å²) < 4.78 is 0. The summed E-state index contributed by atoms with van der Waals surface area (Å²) in [4.78, 5) is 22.8. The van der Waals surface area contributed by atoms with Crippen molar-refractivity contribution in [3.05, 3.63) is 12.7 Å². The van der Waals surface area contributed by atoms with Crippen molar-refractivity contribution < 1.29 is 9.59 Å². The molecule has 2 atom stereocenters. The molecule has 0 saturated heterocycles. The first-order valence-electron chi connectivity index (χ1n) is 4.58. The quantitative estimate of drug-likeness (QED) is 0.482. The minimum absolute atomic E-state index is 0.0138. The van der Waals surface area contributed by atoms with Crippen LogP contribution in [0.2, 0.25) is 0 Å². The van der Waals surface area contributed by atoms with E-state index in [9.17, 15) is 9.59 Å². The third-order valence-corrected chi connectivity index (χ3v) is 2.21. The number of rotatable bonds is 5. The molecule has 2 heteroatoms. The van der Waals surface area contributed by atoms with E-state index in [4.69, 9.17) is 0 Å². The number of carbonyl (C=O) groups excluding carboxylic acids is 2. The van der Waals surface area contributed by atoms with Gasteiger partial charge in [0.25, 0.3) is 0 Å². The first-order valence-corrected chi connectivity index (χ1v) is 4.58. The maximum Gasteiger partial charge on any atom is 0.146 e. The Bertz CT molecular complexity index is 216. The van der Waals surface area contributed by atoms with Crippen molar-refractivity contribution in [1.82, 2.24) is 0 Å². The fraction of sp³-hybridized carbons (Fsp3) is 0.636. The normalized spacial score (nSPS) is 15.2. The van der Waals surface area contributed by atoms with Crippen LogP contribution in [0.25, 0.3) is 0 Å². The Kier molecular flexibility index (Phi) is 4.60. The summed E-state index contributed by atoms with van der Waals surface area (Å²) in [5.41, 5.74) is 0. The number of Topliss-reactive ketones (excluding diaryl/α,β-unsaturated/α-hetero) is 2. The van der Waals surface area contributed by atoms with E-state index >= 15 is 0 Å². The van der Waals surface area contributed by atoms with E-state index < -0.39 is 5.92 Å². The zero-order valence-corrected chi connectivity index (χ0v) is 8.83. The molecule has 0 saturated carbocycles. The summed E-state index contributed by atoms with van der Waals surface area (Å²) >= 11 is 0. The van der Waals surface area contributed by atoms with Crippen LogP contribution in [0.3, 0.4) is 0 Å². The molecule has 0 aromatic rings. The summed E-state index contributed by atoms with van der Waals surface area (Å²) in [5.74, 6) is -0.702. The van der Waals surface area contributed by atoms with Crippen molar-refractivity contribution in [3.63, 3.8) is 0 Å². The first kappa shape index (κ1) is 12.1. The van der Waals surface area contributed by atoms with Gasteiger partial charge in [0.2, 0.25) is 0 Å². The Morgan fingerprint density at radius 1 is 1.23 bits per heavy atom. The van der Waals surface area contributed by atoms with Gasteiger partial charge in [-0.15, -0.1) is 6.58 Å². The van der Waals surface area contributed by atoms with E-state index in [0.29, 0.717) is 0 Å². The van der Waals surface area contributed by atoms with Crippen LogP contribution >= 0.6 is 0 Å². The van der Waals surface area contributed by atoms with E-state index in [1.54, 1.807) is 6.08 Å². The third kappa shape index (κ3) is 3.13. The van der Waals surface area contributed by atoms with Gasteiger partial charge in [-0.2, -0.15) is 0 Å². The van der Waals surface area contributed by atoms with Gasteiger partial charge in [0.05, 0.1) is 5.92 Å². The van der Waals surface area contributed by atoms with Gasteiger partial charge in [0.15, 0.2) is 0 Å². The van der Waals surface area contributed by atoms with Crippen molar-refractivity contribution in [2.24, 2.45) is 17.8 Å². The van der Waals surface area contributed by atoms with Crippen LogP contribution < -0.4 is 0 Å². The van der Waals surface area contributed by atoms with Crippen molar-refractivity contribution >= 4 is 11.6 Å². The second kappa shape index (κ2) is 4.95. The predicted molar refractivity (Wildman–Crippen MR) is 53.4 cm³/mol. The highest BCUT2D eigenvalue weighted by molar-refractivity contribution is 6.02. The number of carbonyl (C=O) groups is 2. The van der Waals surface area contributed by atoms with Crippen LogP contribution in [0.1, 0.15) is 27.7 Å². The van der Waals surface area contributed by atoms with Gasteiger partial charge in [-0.25, -0.2) is 0 Å². The van der Waals surface area contributed by atoms with Crippen molar-refractivity contribution in [2.75, 3.05) is 0 Å². The Labute approximate surface area is 80.0 Å². The monoisotopic (exact) mass is 182 g/mol. The molecular weight excluding hydrogens is 164 g/mol. The van der Waals surface area contributed by atoms with Gasteiger partial charge >= 0.3 is 0 Å². The molecule has 0 aromatic heterocycles. The molecule has 0 rings (SSSR count). The molecule has 0 spiro atoms. The molecular formula is C11H18O2. The average molecular weight is 182 g/mol. The SMILES string of the molecule is C=CC(C)C(C(C)=O)C(=O)C(C)C. The molecule has 2 unspecified atom stereocenters. The predicted octanol–water partition coefficient (Wildman–Crippen LogP) is 2.24. The van der Waals surface area contributed by atoms with Crippen LogP contribution in [0.5, 0.6) is 0 Å². The fourth-order valence-corrected chi connectivity index (χ4v) is 1.32. The Balaban J connectivity index is 4.71. The van der Waals surface area contributed by atoms with E-state index in [1.807, 2.05) is 20.8 Å². The van der Waals surface area contributed by atoms with E-state index in [0.717, 1.165) is 0 Å². The molecule has 0 amide bonds. The second-order valence-corrected chi connectivity index (χ2v) is 3.74. The van der Waals surface area contributed by atoms with Crippen LogP contribution in [-0.4, -0.2) is 11.6 Å². The van der Waals surface area contributed by atoms with Crippen LogP contribution in [0, 0.1) is 17.8 Å². The molecule has 2 nitrogen and oxygen atoms in total. The molecule has 0 aliphatic rings. The second-order valence-electron chi connectivity index (χ2n) is 3.74. The molecule has 0 bridgehead atoms. The van der Waals surface area contributed by atoms with Crippen LogP contribution in [0.15, 0.2) is 12.7 Å². The Morgan fingerprint density at radius 3 is 1.92 bits per heavy atom. The number of hydrogen-bond donors (Lipinski definition) is 0. The lowest BCUT2D eigenvalue weighted by Gasteiger charge is -2.18. The Morgan fingerprint density at radius 2 is 1.69 bits per heavy atom. The standard InChI is InChI=1S/C11H18O2/c1-6-8(4)10(9(5)12)11(13)7(2)3/h6-8,10H,1H2,2-5H3. The summed E-state index contributed by atoms with van der Waals surface area (Å²) in [6.07, 6.45) is 1.66. The lowest BCUT2D eigenvalue weighted by atomic mass is 9.83. The van der Waals surface area contributed by atoms with Gasteiger partial charge in [-0.05, 0) is 12.8 Å². The van der Waals surface area contributed by atoms with Gasteiger partial charge in [0.1, 0.15) is 11.6 Å². The van der Waals surface area contributed by atoms with Crippen molar-refractivity contribution in [3.8, 4) is 0 Å².